The Balaban J connectivity index is 3.79. The molecular formula is C21H39NSi2. The van der Waals surface area contributed by atoms with Gasteiger partial charge in [-0.1, -0.05) is 105 Å². The van der Waals surface area contributed by atoms with Crippen LogP contribution >= 0.6 is 0 Å². The maximum atomic E-state index is 7.54. The van der Waals surface area contributed by atoms with Gasteiger partial charge in [0.1, 0.15) is 0 Å². The van der Waals surface area contributed by atoms with Gasteiger partial charge in [-0.05, 0) is 21.2 Å². The van der Waals surface area contributed by atoms with E-state index in [9.17, 15) is 0 Å². The van der Waals surface area contributed by atoms with Crippen LogP contribution in [0.1, 0.15) is 52.7 Å². The van der Waals surface area contributed by atoms with E-state index in [1.54, 1.807) is 0 Å². The number of hydrogen-bond donors (Lipinski definition) is 1. The van der Waals surface area contributed by atoms with Crippen molar-refractivity contribution < 1.29 is 0 Å². The molecule has 1 aromatic carbocycles. The Hall–Kier alpha value is -0.646. The molecule has 2 N–H and O–H groups in total. The van der Waals surface area contributed by atoms with Gasteiger partial charge < -0.3 is 5.73 Å². The summed E-state index contributed by atoms with van der Waals surface area (Å²) >= 11 is 0. The molecule has 136 valence electrons. The Morgan fingerprint density at radius 1 is 0.792 bits per heavy atom. The van der Waals surface area contributed by atoms with Gasteiger partial charge in [0.15, 0.2) is 0 Å². The first-order valence-electron chi connectivity index (χ1n) is 9.06. The highest BCUT2D eigenvalue weighted by molar-refractivity contribution is 7.01. The second-order valence-corrected chi connectivity index (χ2v) is 22.0. The van der Waals surface area contributed by atoms with Crippen molar-refractivity contribution in [2.75, 3.05) is 0 Å². The second-order valence-electron chi connectivity index (χ2n) is 10.4. The smallest absolute Gasteiger partial charge is 0.0773 e. The summed E-state index contributed by atoms with van der Waals surface area (Å²) in [5.74, 6) is 0. The second kappa shape index (κ2) is 6.26. The summed E-state index contributed by atoms with van der Waals surface area (Å²) in [6.07, 6.45) is 1.90. The fraction of sp³-hybridized carbons (Fsp3) is 0.619. The number of hydrogen-bond acceptors (Lipinski definition) is 1. The normalized spacial score (nSPS) is 14.6. The Labute approximate surface area is 152 Å². The van der Waals surface area contributed by atoms with E-state index in [2.05, 4.69) is 98.6 Å². The first kappa shape index (κ1) is 21.4. The minimum atomic E-state index is -1.86. The molecule has 0 saturated carbocycles. The summed E-state index contributed by atoms with van der Waals surface area (Å²) in [5, 5.41) is 0.461. The van der Waals surface area contributed by atoms with E-state index in [1.807, 2.05) is 6.08 Å². The van der Waals surface area contributed by atoms with Crippen LogP contribution in [-0.2, 0) is 4.79 Å². The van der Waals surface area contributed by atoms with Crippen molar-refractivity contribution in [1.29, 1.82) is 0 Å². The third kappa shape index (κ3) is 3.11. The third-order valence-electron chi connectivity index (χ3n) is 7.32. The Morgan fingerprint density at radius 3 is 1.38 bits per heavy atom. The van der Waals surface area contributed by atoms with Gasteiger partial charge in [-0.3, -0.25) is 0 Å². The SMILES string of the molecule is C=Cc1ccc(C(N)([Si](C)(C)C(C)(C)C)[Si](C)(C)C(C)(C)C)cc1. The predicted molar refractivity (Wildman–Crippen MR) is 117 cm³/mol. The molecule has 1 nitrogen and oxygen atoms in total. The molecule has 0 heterocycles. The first-order valence-corrected chi connectivity index (χ1v) is 15.1. The van der Waals surface area contributed by atoms with Crippen molar-refractivity contribution >= 4 is 22.2 Å². The molecule has 0 aliphatic rings. The van der Waals surface area contributed by atoms with Crippen LogP contribution in [0.5, 0.6) is 0 Å². The lowest BCUT2D eigenvalue weighted by Gasteiger charge is -2.61. The van der Waals surface area contributed by atoms with Crippen LogP contribution in [0, 0.1) is 0 Å². The lowest BCUT2D eigenvalue weighted by atomic mass is 10.1. The van der Waals surface area contributed by atoms with Gasteiger partial charge >= 0.3 is 0 Å². The fourth-order valence-electron chi connectivity index (χ4n) is 3.57. The number of nitrogens with two attached hydrogens (primary N) is 1. The Bertz CT molecular complexity index is 558. The summed E-state index contributed by atoms with van der Waals surface area (Å²) in [6, 6.07) is 8.87. The van der Waals surface area contributed by atoms with Crippen LogP contribution in [0.2, 0.25) is 36.3 Å². The van der Waals surface area contributed by atoms with Gasteiger partial charge in [0, 0.05) is 4.79 Å². The summed E-state index contributed by atoms with van der Waals surface area (Å²) in [5.41, 5.74) is 10.0. The van der Waals surface area contributed by atoms with Crippen molar-refractivity contribution in [3.63, 3.8) is 0 Å². The summed E-state index contributed by atoms with van der Waals surface area (Å²) in [6.45, 7) is 28.2. The standard InChI is InChI=1S/C21H39NSi2/c1-12-17-13-15-18(16-14-17)21(22,23(8,9)19(2,3)4)24(10,11)20(5,6)7/h12-16H,1,22H2,2-11H3. The lowest BCUT2D eigenvalue weighted by Crippen LogP contribution is -2.76. The predicted octanol–water partition coefficient (Wildman–Crippen LogP) is 6.58. The molecule has 0 aliphatic carbocycles. The minimum Gasteiger partial charge on any atom is -0.326 e. The largest absolute Gasteiger partial charge is 0.326 e. The molecule has 0 bridgehead atoms. The van der Waals surface area contributed by atoms with Gasteiger partial charge in [0.05, 0.1) is 16.1 Å². The van der Waals surface area contributed by atoms with Crippen molar-refractivity contribution in [2.24, 2.45) is 5.73 Å². The molecule has 0 atom stereocenters. The van der Waals surface area contributed by atoms with Crippen molar-refractivity contribution in [1.82, 2.24) is 0 Å². The molecule has 0 saturated heterocycles. The van der Waals surface area contributed by atoms with E-state index in [-0.39, 0.29) is 14.9 Å². The zero-order chi connectivity index (χ0) is 19.2. The van der Waals surface area contributed by atoms with Crippen molar-refractivity contribution in [3.8, 4) is 0 Å². The van der Waals surface area contributed by atoms with Gasteiger partial charge in [0.2, 0.25) is 0 Å². The number of benzene rings is 1. The molecular weight excluding hydrogens is 322 g/mol. The minimum absolute atomic E-state index is 0.212. The van der Waals surface area contributed by atoms with Crippen LogP contribution in [0.4, 0.5) is 0 Å². The van der Waals surface area contributed by atoms with Crippen LogP contribution in [0.15, 0.2) is 30.8 Å². The van der Waals surface area contributed by atoms with Crippen LogP contribution in [-0.4, -0.2) is 16.1 Å². The number of rotatable bonds is 4. The highest BCUT2D eigenvalue weighted by atomic mass is 28.4. The topological polar surface area (TPSA) is 26.0 Å². The van der Waals surface area contributed by atoms with Gasteiger partial charge in [0.25, 0.3) is 0 Å². The Morgan fingerprint density at radius 2 is 1.12 bits per heavy atom. The molecule has 3 heteroatoms. The zero-order valence-electron chi connectivity index (χ0n) is 17.7. The van der Waals surface area contributed by atoms with Crippen LogP contribution in [0.3, 0.4) is 0 Å². The highest BCUT2D eigenvalue weighted by Gasteiger charge is 2.62. The summed E-state index contributed by atoms with van der Waals surface area (Å²) < 4.78 is 0. The maximum absolute atomic E-state index is 7.54. The monoisotopic (exact) mass is 361 g/mol. The molecule has 0 amide bonds. The van der Waals surface area contributed by atoms with Gasteiger partial charge in [-0.15, -0.1) is 0 Å². The van der Waals surface area contributed by atoms with Gasteiger partial charge in [-0.2, -0.15) is 0 Å². The van der Waals surface area contributed by atoms with E-state index < -0.39 is 16.1 Å². The molecule has 0 aliphatic heterocycles. The fourth-order valence-corrected chi connectivity index (χ4v) is 16.2. The molecule has 1 rings (SSSR count). The van der Waals surface area contributed by atoms with Gasteiger partial charge in [-0.25, -0.2) is 0 Å². The molecule has 0 spiro atoms. The summed E-state index contributed by atoms with van der Waals surface area (Å²) in [7, 11) is -3.72. The van der Waals surface area contributed by atoms with Crippen LogP contribution in [0.25, 0.3) is 6.08 Å². The highest BCUT2D eigenvalue weighted by Crippen LogP contribution is 2.55. The average Bonchev–Trinajstić information content (AvgIpc) is 2.43. The Kier molecular flexibility index (Phi) is 5.58. The quantitative estimate of drug-likeness (QED) is 0.602. The third-order valence-corrected chi connectivity index (χ3v) is 23.1. The first-order chi connectivity index (χ1) is 10.5. The molecule has 0 fully saturated rings. The lowest BCUT2D eigenvalue weighted by molar-refractivity contribution is 0.615. The molecule has 1 aromatic rings. The van der Waals surface area contributed by atoms with E-state index >= 15 is 0 Å². The van der Waals surface area contributed by atoms with Crippen molar-refractivity contribution in [2.45, 2.75) is 82.6 Å². The maximum Gasteiger partial charge on any atom is 0.0773 e. The molecule has 0 unspecified atom stereocenters. The zero-order valence-corrected chi connectivity index (χ0v) is 19.7. The van der Waals surface area contributed by atoms with Crippen molar-refractivity contribution in [3.05, 3.63) is 42.0 Å². The van der Waals surface area contributed by atoms with E-state index in [0.717, 1.165) is 5.56 Å². The van der Waals surface area contributed by atoms with E-state index in [4.69, 9.17) is 5.73 Å². The average molecular weight is 362 g/mol. The van der Waals surface area contributed by atoms with E-state index in [0.29, 0.717) is 0 Å². The van der Waals surface area contributed by atoms with E-state index in [1.165, 1.54) is 5.56 Å². The molecule has 0 radical (unpaired) electrons. The van der Waals surface area contributed by atoms with Crippen LogP contribution < -0.4 is 5.73 Å². The molecule has 24 heavy (non-hydrogen) atoms. The molecule has 0 aromatic heterocycles. The summed E-state index contributed by atoms with van der Waals surface area (Å²) in [4.78, 5) is -0.212.